The summed E-state index contributed by atoms with van der Waals surface area (Å²) in [6, 6.07) is 8.41. The molecule has 1 saturated heterocycles. The standard InChI is InChI=1S/C23H27N3O3/c1-15-11-20-21(13-25(2)23(20)27)24-22(15)26-8-5-18(6-9-26)29-19-4-3-16-7-10-28-14-17(16)12-19/h3-4,11-12,18H,5-10,13-14H2,1-2H3. The Labute approximate surface area is 171 Å². The van der Waals surface area contributed by atoms with Gasteiger partial charge >= 0.3 is 0 Å². The minimum atomic E-state index is 0.0738. The van der Waals surface area contributed by atoms with Crippen molar-refractivity contribution in [3.63, 3.8) is 0 Å². The second-order valence-electron chi connectivity index (χ2n) is 8.32. The molecular formula is C23H27N3O3. The minimum absolute atomic E-state index is 0.0738. The highest BCUT2D eigenvalue weighted by atomic mass is 16.5. The van der Waals surface area contributed by atoms with Crippen molar-refractivity contribution in [2.45, 2.75) is 45.4 Å². The van der Waals surface area contributed by atoms with Gasteiger partial charge in [0.15, 0.2) is 0 Å². The fourth-order valence-electron chi connectivity index (χ4n) is 4.56. The van der Waals surface area contributed by atoms with Gasteiger partial charge in [0.05, 0.1) is 31.0 Å². The van der Waals surface area contributed by atoms with E-state index in [0.29, 0.717) is 13.2 Å². The lowest BCUT2D eigenvalue weighted by Crippen LogP contribution is -2.39. The Kier molecular flexibility index (Phi) is 4.66. The molecule has 1 aromatic carbocycles. The number of piperidine rings is 1. The molecule has 1 aromatic heterocycles. The molecule has 0 spiro atoms. The van der Waals surface area contributed by atoms with Crippen LogP contribution in [0.15, 0.2) is 24.3 Å². The highest BCUT2D eigenvalue weighted by Gasteiger charge is 2.29. The van der Waals surface area contributed by atoms with Gasteiger partial charge in [-0.1, -0.05) is 6.07 Å². The van der Waals surface area contributed by atoms with E-state index in [0.717, 1.165) is 67.3 Å². The van der Waals surface area contributed by atoms with Crippen LogP contribution in [0.4, 0.5) is 5.82 Å². The summed E-state index contributed by atoms with van der Waals surface area (Å²) in [5.41, 5.74) is 5.35. The molecule has 29 heavy (non-hydrogen) atoms. The second kappa shape index (κ2) is 7.34. The third kappa shape index (κ3) is 3.46. The Balaban J connectivity index is 1.24. The van der Waals surface area contributed by atoms with E-state index in [1.807, 2.05) is 20.0 Å². The maximum Gasteiger partial charge on any atom is 0.255 e. The zero-order valence-electron chi connectivity index (χ0n) is 17.1. The number of amides is 1. The van der Waals surface area contributed by atoms with Gasteiger partial charge in [-0.15, -0.1) is 0 Å². The number of pyridine rings is 1. The van der Waals surface area contributed by atoms with Crippen LogP contribution in [-0.4, -0.2) is 48.6 Å². The van der Waals surface area contributed by atoms with E-state index < -0.39 is 0 Å². The van der Waals surface area contributed by atoms with Crippen molar-refractivity contribution >= 4 is 11.7 Å². The van der Waals surface area contributed by atoms with Crippen LogP contribution in [0, 0.1) is 6.92 Å². The molecular weight excluding hydrogens is 366 g/mol. The number of anilines is 1. The molecule has 3 aliphatic rings. The number of hydrogen-bond donors (Lipinski definition) is 0. The van der Waals surface area contributed by atoms with E-state index >= 15 is 0 Å². The van der Waals surface area contributed by atoms with Crippen LogP contribution < -0.4 is 9.64 Å². The minimum Gasteiger partial charge on any atom is -0.490 e. The number of aromatic nitrogens is 1. The normalized spacial score (nSPS) is 19.3. The number of fused-ring (bicyclic) bond motifs is 2. The van der Waals surface area contributed by atoms with Crippen LogP contribution >= 0.6 is 0 Å². The Morgan fingerprint density at radius 2 is 2.00 bits per heavy atom. The molecule has 0 saturated carbocycles. The first-order valence-corrected chi connectivity index (χ1v) is 10.5. The van der Waals surface area contributed by atoms with E-state index in [2.05, 4.69) is 23.1 Å². The van der Waals surface area contributed by atoms with Crippen molar-refractivity contribution in [1.29, 1.82) is 0 Å². The first-order valence-electron chi connectivity index (χ1n) is 10.5. The Hall–Kier alpha value is -2.60. The first kappa shape index (κ1) is 18.4. The summed E-state index contributed by atoms with van der Waals surface area (Å²) < 4.78 is 11.9. The quantitative estimate of drug-likeness (QED) is 0.802. The van der Waals surface area contributed by atoms with Gasteiger partial charge in [-0.25, -0.2) is 4.98 Å². The monoisotopic (exact) mass is 393 g/mol. The van der Waals surface area contributed by atoms with Crippen LogP contribution in [0.25, 0.3) is 0 Å². The van der Waals surface area contributed by atoms with E-state index in [1.54, 1.807) is 4.90 Å². The molecule has 0 N–H and O–H groups in total. The molecule has 1 amide bonds. The summed E-state index contributed by atoms with van der Waals surface area (Å²) in [4.78, 5) is 21.1. The third-order valence-corrected chi connectivity index (χ3v) is 6.22. The van der Waals surface area contributed by atoms with Crippen molar-refractivity contribution in [3.8, 4) is 5.75 Å². The van der Waals surface area contributed by atoms with E-state index in [-0.39, 0.29) is 12.0 Å². The van der Waals surface area contributed by atoms with Gasteiger partial charge in [0.2, 0.25) is 0 Å². The zero-order chi connectivity index (χ0) is 20.0. The van der Waals surface area contributed by atoms with Crippen molar-refractivity contribution in [1.82, 2.24) is 9.88 Å². The Morgan fingerprint density at radius 3 is 2.83 bits per heavy atom. The molecule has 2 aromatic rings. The van der Waals surface area contributed by atoms with Crippen LogP contribution in [0.1, 0.15) is 45.6 Å². The summed E-state index contributed by atoms with van der Waals surface area (Å²) >= 11 is 0. The summed E-state index contributed by atoms with van der Waals surface area (Å²) in [5, 5.41) is 0. The summed E-state index contributed by atoms with van der Waals surface area (Å²) in [7, 11) is 1.83. The average Bonchev–Trinajstić information content (AvgIpc) is 3.01. The highest BCUT2D eigenvalue weighted by Crippen LogP contribution is 2.30. The number of aryl methyl sites for hydroxylation is 1. The van der Waals surface area contributed by atoms with Gasteiger partial charge < -0.3 is 19.3 Å². The van der Waals surface area contributed by atoms with Gasteiger partial charge in [0.1, 0.15) is 17.7 Å². The molecule has 0 radical (unpaired) electrons. The first-order chi connectivity index (χ1) is 14.1. The molecule has 0 bridgehead atoms. The number of rotatable bonds is 3. The maximum absolute atomic E-state index is 12.2. The smallest absolute Gasteiger partial charge is 0.255 e. The zero-order valence-corrected chi connectivity index (χ0v) is 17.1. The molecule has 6 heteroatoms. The van der Waals surface area contributed by atoms with Crippen molar-refractivity contribution in [3.05, 3.63) is 52.2 Å². The van der Waals surface area contributed by atoms with Crippen molar-refractivity contribution in [2.24, 2.45) is 0 Å². The van der Waals surface area contributed by atoms with Crippen molar-refractivity contribution in [2.75, 3.05) is 31.6 Å². The van der Waals surface area contributed by atoms with Gasteiger partial charge in [-0.05, 0) is 48.2 Å². The molecule has 3 aliphatic heterocycles. The molecule has 0 aliphatic carbocycles. The molecule has 6 nitrogen and oxygen atoms in total. The number of carbonyl (C=O) groups excluding carboxylic acids is 1. The molecule has 0 unspecified atom stereocenters. The molecule has 0 atom stereocenters. The lowest BCUT2D eigenvalue weighted by Gasteiger charge is -2.34. The molecule has 152 valence electrons. The number of nitrogens with zero attached hydrogens (tertiary/aromatic N) is 3. The largest absolute Gasteiger partial charge is 0.490 e. The fraction of sp³-hybridized carbons (Fsp3) is 0.478. The topological polar surface area (TPSA) is 54.9 Å². The van der Waals surface area contributed by atoms with Crippen LogP contribution in [0.5, 0.6) is 5.75 Å². The molecule has 5 rings (SSSR count). The highest BCUT2D eigenvalue weighted by molar-refractivity contribution is 5.98. The van der Waals surface area contributed by atoms with E-state index in [4.69, 9.17) is 14.5 Å². The fourth-order valence-corrected chi connectivity index (χ4v) is 4.56. The third-order valence-electron chi connectivity index (χ3n) is 6.22. The maximum atomic E-state index is 12.2. The molecule has 1 fully saturated rings. The summed E-state index contributed by atoms with van der Waals surface area (Å²) in [5.74, 6) is 2.03. The van der Waals surface area contributed by atoms with Crippen LogP contribution in [-0.2, 0) is 24.3 Å². The number of hydrogen-bond acceptors (Lipinski definition) is 5. The second-order valence-corrected chi connectivity index (χ2v) is 8.32. The van der Waals surface area contributed by atoms with Crippen LogP contribution in [0.2, 0.25) is 0 Å². The summed E-state index contributed by atoms with van der Waals surface area (Å²) in [6.07, 6.45) is 3.13. The van der Waals surface area contributed by atoms with Gasteiger partial charge in [-0.2, -0.15) is 0 Å². The Morgan fingerprint density at radius 1 is 1.17 bits per heavy atom. The van der Waals surface area contributed by atoms with Crippen molar-refractivity contribution < 1.29 is 14.3 Å². The van der Waals surface area contributed by atoms with Crippen LogP contribution in [0.3, 0.4) is 0 Å². The van der Waals surface area contributed by atoms with Gasteiger partial charge in [-0.3, -0.25) is 4.79 Å². The number of carbonyl (C=O) groups is 1. The van der Waals surface area contributed by atoms with E-state index in [1.165, 1.54) is 11.1 Å². The summed E-state index contributed by atoms with van der Waals surface area (Å²) in [6.45, 7) is 5.97. The van der Waals surface area contributed by atoms with Gasteiger partial charge in [0, 0.05) is 33.0 Å². The average molecular weight is 393 g/mol. The predicted molar refractivity (Wildman–Crippen MR) is 110 cm³/mol. The SMILES string of the molecule is Cc1cc2c(nc1N1CCC(Oc3ccc4c(c3)COCC4)CC1)CN(C)C2=O. The number of ether oxygens (including phenoxy) is 2. The van der Waals surface area contributed by atoms with Gasteiger partial charge in [0.25, 0.3) is 5.91 Å². The lowest BCUT2D eigenvalue weighted by atomic mass is 10.0. The van der Waals surface area contributed by atoms with E-state index in [9.17, 15) is 4.79 Å². The Bertz CT molecular complexity index is 951. The predicted octanol–water partition coefficient (Wildman–Crippen LogP) is 3.10. The lowest BCUT2D eigenvalue weighted by molar-refractivity contribution is 0.0816. The molecule has 4 heterocycles. The number of benzene rings is 1.